The summed E-state index contributed by atoms with van der Waals surface area (Å²) in [5.74, 6) is 0. The molecule has 0 saturated heterocycles. The molecule has 0 fully saturated rings. The fourth-order valence-electron chi connectivity index (χ4n) is 1.83. The van der Waals surface area contributed by atoms with Crippen molar-refractivity contribution >= 4 is 21.5 Å². The highest BCUT2D eigenvalue weighted by Gasteiger charge is 2.22. The van der Waals surface area contributed by atoms with Crippen molar-refractivity contribution in [3.63, 3.8) is 0 Å². The first-order chi connectivity index (χ1) is 9.51. The van der Waals surface area contributed by atoms with E-state index in [1.165, 1.54) is 4.31 Å². The molecule has 0 bridgehead atoms. The van der Waals surface area contributed by atoms with Gasteiger partial charge in [-0.1, -0.05) is 19.9 Å². The summed E-state index contributed by atoms with van der Waals surface area (Å²) >= 11 is 1.58. The van der Waals surface area contributed by atoms with Crippen LogP contribution in [-0.4, -0.2) is 39.4 Å². The Bertz CT molecular complexity index is 460. The van der Waals surface area contributed by atoms with Crippen LogP contribution in [0, 0.1) is 0 Å². The van der Waals surface area contributed by atoms with Gasteiger partial charge in [0.25, 0.3) is 10.2 Å². The lowest BCUT2D eigenvalue weighted by atomic mass is 10.2. The fraction of sp³-hybridized carbons (Fsp3) is 0.692. The molecule has 1 heterocycles. The number of hydrogen-bond acceptors (Lipinski definition) is 4. The molecule has 0 amide bonds. The van der Waals surface area contributed by atoms with Crippen molar-refractivity contribution in [2.45, 2.75) is 32.7 Å². The lowest BCUT2D eigenvalue weighted by molar-refractivity contribution is 0.436. The maximum absolute atomic E-state index is 12.3. The van der Waals surface area contributed by atoms with Crippen LogP contribution in [-0.2, 0) is 10.2 Å². The van der Waals surface area contributed by atoms with Gasteiger partial charge in [-0.2, -0.15) is 17.4 Å². The molecule has 1 atom stereocenters. The first-order valence-corrected chi connectivity index (χ1v) is 9.31. The summed E-state index contributed by atoms with van der Waals surface area (Å²) in [6, 6.07) is 3.76. The van der Waals surface area contributed by atoms with Crippen molar-refractivity contribution in [1.82, 2.24) is 14.3 Å². The Kier molecular flexibility index (Phi) is 7.68. The number of nitrogens with zero attached hydrogens (tertiary/aromatic N) is 1. The Morgan fingerprint density at radius 3 is 2.70 bits per heavy atom. The largest absolute Gasteiger partial charge is 0.317 e. The molecule has 0 aliphatic carbocycles. The second kappa shape index (κ2) is 8.74. The van der Waals surface area contributed by atoms with Crippen LogP contribution in [0.15, 0.2) is 17.5 Å². The van der Waals surface area contributed by atoms with Gasteiger partial charge >= 0.3 is 0 Å². The van der Waals surface area contributed by atoms with E-state index in [0.29, 0.717) is 6.54 Å². The predicted octanol–water partition coefficient (Wildman–Crippen LogP) is 1.97. The third kappa shape index (κ3) is 5.49. The summed E-state index contributed by atoms with van der Waals surface area (Å²) in [6.07, 6.45) is 1.55. The van der Waals surface area contributed by atoms with Crippen molar-refractivity contribution in [2.24, 2.45) is 0 Å². The zero-order valence-electron chi connectivity index (χ0n) is 12.4. The molecule has 2 N–H and O–H groups in total. The molecule has 1 rings (SSSR count). The average molecular weight is 319 g/mol. The van der Waals surface area contributed by atoms with E-state index < -0.39 is 10.2 Å². The van der Waals surface area contributed by atoms with Gasteiger partial charge in [-0.3, -0.25) is 0 Å². The Balaban J connectivity index is 2.54. The quantitative estimate of drug-likeness (QED) is 0.648. The normalized spacial score (nSPS) is 13.8. The van der Waals surface area contributed by atoms with Crippen LogP contribution in [0.4, 0.5) is 0 Å². The molecule has 7 heteroatoms. The van der Waals surface area contributed by atoms with E-state index in [4.69, 9.17) is 0 Å². The minimum Gasteiger partial charge on any atom is -0.317 e. The Hall–Kier alpha value is -0.470. The van der Waals surface area contributed by atoms with Crippen LogP contribution >= 0.6 is 11.3 Å². The van der Waals surface area contributed by atoms with Crippen molar-refractivity contribution in [3.8, 4) is 0 Å². The molecule has 20 heavy (non-hydrogen) atoms. The van der Waals surface area contributed by atoms with Crippen LogP contribution < -0.4 is 10.0 Å². The molecule has 1 unspecified atom stereocenters. The van der Waals surface area contributed by atoms with Crippen LogP contribution in [0.5, 0.6) is 0 Å². The zero-order valence-corrected chi connectivity index (χ0v) is 14.1. The number of nitrogens with one attached hydrogen (secondary N) is 2. The molecule has 0 saturated carbocycles. The van der Waals surface area contributed by atoms with Gasteiger partial charge < -0.3 is 5.32 Å². The zero-order chi connectivity index (χ0) is 15.0. The summed E-state index contributed by atoms with van der Waals surface area (Å²) in [7, 11) is -1.80. The Labute approximate surface area is 126 Å². The molecule has 116 valence electrons. The van der Waals surface area contributed by atoms with E-state index in [2.05, 4.69) is 10.0 Å². The van der Waals surface area contributed by atoms with E-state index in [0.717, 1.165) is 30.8 Å². The summed E-state index contributed by atoms with van der Waals surface area (Å²) < 4.78 is 28.7. The topological polar surface area (TPSA) is 61.4 Å². The average Bonchev–Trinajstić information content (AvgIpc) is 2.94. The van der Waals surface area contributed by atoms with E-state index in [9.17, 15) is 8.42 Å². The molecule has 0 aliphatic heterocycles. The summed E-state index contributed by atoms with van der Waals surface area (Å²) in [6.45, 7) is 6.28. The number of thiophene rings is 1. The van der Waals surface area contributed by atoms with E-state index in [1.54, 1.807) is 18.4 Å². The van der Waals surface area contributed by atoms with Gasteiger partial charge in [-0.05, 0) is 37.4 Å². The Morgan fingerprint density at radius 1 is 1.40 bits per heavy atom. The van der Waals surface area contributed by atoms with Gasteiger partial charge in [0.05, 0.1) is 6.04 Å². The van der Waals surface area contributed by atoms with Crippen LogP contribution in [0.3, 0.4) is 0 Å². The van der Waals surface area contributed by atoms with E-state index >= 15 is 0 Å². The lowest BCUT2D eigenvalue weighted by Gasteiger charge is -2.22. The maximum Gasteiger partial charge on any atom is 0.279 e. The third-order valence-corrected chi connectivity index (χ3v) is 5.64. The van der Waals surface area contributed by atoms with Gasteiger partial charge in [0.1, 0.15) is 0 Å². The second-order valence-corrected chi connectivity index (χ2v) is 7.42. The van der Waals surface area contributed by atoms with Gasteiger partial charge in [0, 0.05) is 18.5 Å². The summed E-state index contributed by atoms with van der Waals surface area (Å²) in [4.78, 5) is 1.05. The van der Waals surface area contributed by atoms with E-state index in [-0.39, 0.29) is 6.04 Å². The summed E-state index contributed by atoms with van der Waals surface area (Å²) in [5, 5.41) is 5.15. The monoisotopic (exact) mass is 319 g/mol. The molecular weight excluding hydrogens is 294 g/mol. The Morgan fingerprint density at radius 2 is 2.15 bits per heavy atom. The molecule has 0 spiro atoms. The van der Waals surface area contributed by atoms with Crippen LogP contribution in [0.2, 0.25) is 0 Å². The lowest BCUT2D eigenvalue weighted by Crippen LogP contribution is -2.40. The molecule has 1 aromatic heterocycles. The molecular formula is C13H25N3O2S2. The molecule has 0 radical (unpaired) electrons. The molecule has 0 aliphatic rings. The van der Waals surface area contributed by atoms with Gasteiger partial charge in [-0.25, -0.2) is 0 Å². The maximum atomic E-state index is 12.3. The first kappa shape index (κ1) is 17.6. The number of rotatable bonds is 10. The van der Waals surface area contributed by atoms with Crippen molar-refractivity contribution in [2.75, 3.05) is 26.7 Å². The predicted molar refractivity (Wildman–Crippen MR) is 85.2 cm³/mol. The minimum absolute atomic E-state index is 0.142. The van der Waals surface area contributed by atoms with Crippen LogP contribution in [0.25, 0.3) is 0 Å². The molecule has 1 aromatic rings. The highest BCUT2D eigenvalue weighted by molar-refractivity contribution is 7.87. The first-order valence-electron chi connectivity index (χ1n) is 6.99. The SMILES string of the molecule is CCNCCCN(C)S(=O)(=O)NC(CC)c1cccs1. The van der Waals surface area contributed by atoms with E-state index in [1.807, 2.05) is 31.4 Å². The van der Waals surface area contributed by atoms with Gasteiger partial charge in [-0.15, -0.1) is 11.3 Å². The fourth-order valence-corrected chi connectivity index (χ4v) is 3.96. The molecule has 5 nitrogen and oxygen atoms in total. The number of hydrogen-bond donors (Lipinski definition) is 2. The van der Waals surface area contributed by atoms with Crippen molar-refractivity contribution < 1.29 is 8.42 Å². The highest BCUT2D eigenvalue weighted by Crippen LogP contribution is 2.22. The summed E-state index contributed by atoms with van der Waals surface area (Å²) in [5.41, 5.74) is 0. The second-order valence-electron chi connectivity index (χ2n) is 4.63. The van der Waals surface area contributed by atoms with Crippen molar-refractivity contribution in [3.05, 3.63) is 22.4 Å². The van der Waals surface area contributed by atoms with Crippen LogP contribution in [0.1, 0.15) is 37.6 Å². The van der Waals surface area contributed by atoms with Gasteiger partial charge in [0.15, 0.2) is 0 Å². The van der Waals surface area contributed by atoms with Gasteiger partial charge in [0.2, 0.25) is 0 Å². The minimum atomic E-state index is -3.42. The smallest absolute Gasteiger partial charge is 0.279 e. The standard InChI is InChI=1S/C13H25N3O2S2/c1-4-12(13-8-6-11-19-13)15-20(17,18)16(3)10-7-9-14-5-2/h6,8,11-12,14-15H,4-5,7,9-10H2,1-3H3. The van der Waals surface area contributed by atoms with Crippen molar-refractivity contribution in [1.29, 1.82) is 0 Å². The molecule has 0 aromatic carbocycles. The third-order valence-electron chi connectivity index (χ3n) is 3.07. The highest BCUT2D eigenvalue weighted by atomic mass is 32.2.